The van der Waals surface area contributed by atoms with Crippen LogP contribution in [0.15, 0.2) is 15.6 Å². The van der Waals surface area contributed by atoms with E-state index >= 15 is 0 Å². The Bertz CT molecular complexity index is 385. The van der Waals surface area contributed by atoms with Gasteiger partial charge in [0.2, 0.25) is 0 Å². The topological polar surface area (TPSA) is 34.9 Å². The highest BCUT2D eigenvalue weighted by Crippen LogP contribution is 2.08. The van der Waals surface area contributed by atoms with Crippen LogP contribution < -0.4 is 5.56 Å². The highest BCUT2D eigenvalue weighted by molar-refractivity contribution is 9.10. The molecule has 0 aliphatic heterocycles. The number of rotatable bonds is 4. The van der Waals surface area contributed by atoms with Crippen LogP contribution in [-0.2, 0) is 6.54 Å². The fourth-order valence-electron chi connectivity index (χ4n) is 1.38. The fraction of sp³-hybridized carbons (Fsp3) is 0.636. The average molecular weight is 273 g/mol. The molecule has 3 nitrogen and oxygen atoms in total. The molecule has 0 fully saturated rings. The second kappa shape index (κ2) is 5.45. The lowest BCUT2D eigenvalue weighted by atomic mass is 10.1. The number of halogens is 1. The van der Waals surface area contributed by atoms with E-state index in [1.165, 1.54) is 0 Å². The molecule has 0 amide bonds. The molecule has 1 aromatic rings. The van der Waals surface area contributed by atoms with Crippen molar-refractivity contribution < 1.29 is 0 Å². The molecule has 0 unspecified atom stereocenters. The van der Waals surface area contributed by atoms with E-state index in [0.29, 0.717) is 10.4 Å². The zero-order chi connectivity index (χ0) is 11.4. The van der Waals surface area contributed by atoms with Crippen LogP contribution in [0.5, 0.6) is 0 Å². The predicted octanol–water partition coefficient (Wildman–Crippen LogP) is 2.75. The second-order valence-electron chi connectivity index (χ2n) is 4.18. The summed E-state index contributed by atoms with van der Waals surface area (Å²) in [4.78, 5) is 15.9. The Morgan fingerprint density at radius 2 is 2.20 bits per heavy atom. The molecule has 15 heavy (non-hydrogen) atoms. The van der Waals surface area contributed by atoms with Crippen LogP contribution in [-0.4, -0.2) is 9.55 Å². The maximum absolute atomic E-state index is 11.7. The zero-order valence-corrected chi connectivity index (χ0v) is 11.0. The second-order valence-corrected chi connectivity index (χ2v) is 4.97. The minimum Gasteiger partial charge on any atom is -0.298 e. The van der Waals surface area contributed by atoms with E-state index in [1.807, 2.05) is 6.92 Å². The zero-order valence-electron chi connectivity index (χ0n) is 9.46. The molecule has 0 saturated heterocycles. The first-order valence-corrected chi connectivity index (χ1v) is 6.03. The minimum atomic E-state index is 0.0197. The van der Waals surface area contributed by atoms with E-state index in [1.54, 1.807) is 10.9 Å². The Kier molecular flexibility index (Phi) is 4.51. The van der Waals surface area contributed by atoms with Gasteiger partial charge < -0.3 is 0 Å². The van der Waals surface area contributed by atoms with Crippen molar-refractivity contribution in [1.82, 2.24) is 9.55 Å². The summed E-state index contributed by atoms with van der Waals surface area (Å²) in [5.41, 5.74) is 0.770. The summed E-state index contributed by atoms with van der Waals surface area (Å²) in [6.07, 6.45) is 3.79. The van der Waals surface area contributed by atoms with Crippen LogP contribution >= 0.6 is 15.9 Å². The number of nitrogens with zero attached hydrogens (tertiary/aromatic N) is 2. The van der Waals surface area contributed by atoms with Crippen molar-refractivity contribution in [2.75, 3.05) is 0 Å². The molecule has 1 aromatic heterocycles. The molecule has 0 aromatic carbocycles. The normalized spacial score (nSPS) is 11.0. The molecule has 84 valence electrons. The van der Waals surface area contributed by atoms with Gasteiger partial charge in [-0.3, -0.25) is 9.36 Å². The van der Waals surface area contributed by atoms with Crippen molar-refractivity contribution in [3.8, 4) is 0 Å². The van der Waals surface area contributed by atoms with E-state index < -0.39 is 0 Å². The molecule has 0 bridgehead atoms. The Balaban J connectivity index is 2.71. The molecule has 0 aliphatic rings. The van der Waals surface area contributed by atoms with Crippen LogP contribution in [0.1, 0.15) is 32.4 Å². The van der Waals surface area contributed by atoms with E-state index in [9.17, 15) is 4.79 Å². The maximum atomic E-state index is 11.7. The first-order valence-electron chi connectivity index (χ1n) is 5.24. The highest BCUT2D eigenvalue weighted by atomic mass is 79.9. The summed E-state index contributed by atoms with van der Waals surface area (Å²) >= 11 is 3.25. The van der Waals surface area contributed by atoms with Crippen LogP contribution in [0.4, 0.5) is 0 Å². The predicted molar refractivity (Wildman–Crippen MR) is 65.0 cm³/mol. The number of aryl methyl sites for hydroxylation is 2. The molecule has 0 N–H and O–H groups in total. The summed E-state index contributed by atoms with van der Waals surface area (Å²) in [7, 11) is 0. The molecule has 0 saturated carbocycles. The Morgan fingerprint density at radius 1 is 1.53 bits per heavy atom. The molecular weight excluding hydrogens is 256 g/mol. The summed E-state index contributed by atoms with van der Waals surface area (Å²) in [5, 5.41) is 0. The summed E-state index contributed by atoms with van der Waals surface area (Å²) in [6, 6.07) is 0. The molecule has 4 heteroatoms. The van der Waals surface area contributed by atoms with Crippen molar-refractivity contribution in [3.05, 3.63) is 26.8 Å². The van der Waals surface area contributed by atoms with Gasteiger partial charge in [0.05, 0.1) is 12.0 Å². The quantitative estimate of drug-likeness (QED) is 0.845. The van der Waals surface area contributed by atoms with Crippen molar-refractivity contribution >= 4 is 15.9 Å². The monoisotopic (exact) mass is 272 g/mol. The van der Waals surface area contributed by atoms with Gasteiger partial charge >= 0.3 is 0 Å². The average Bonchev–Trinajstić information content (AvgIpc) is 2.18. The first kappa shape index (κ1) is 12.4. The van der Waals surface area contributed by atoms with E-state index in [0.717, 1.165) is 25.1 Å². The molecular formula is C11H17BrN2O. The minimum absolute atomic E-state index is 0.0197. The standard InChI is InChI=1S/C11H17BrN2O/c1-8(2)5-4-6-14-7-13-9(3)10(12)11(14)15/h7-8H,4-6H2,1-3H3. The highest BCUT2D eigenvalue weighted by Gasteiger charge is 2.05. The van der Waals surface area contributed by atoms with Gasteiger partial charge in [-0.05, 0) is 41.6 Å². The maximum Gasteiger partial charge on any atom is 0.267 e. The summed E-state index contributed by atoms with van der Waals surface area (Å²) < 4.78 is 2.24. The van der Waals surface area contributed by atoms with Gasteiger partial charge in [-0.15, -0.1) is 0 Å². The third kappa shape index (κ3) is 3.45. The van der Waals surface area contributed by atoms with Gasteiger partial charge in [0.25, 0.3) is 5.56 Å². The Labute approximate surface area is 98.7 Å². The molecule has 0 radical (unpaired) electrons. The molecule has 1 rings (SSSR count). The third-order valence-corrected chi connectivity index (χ3v) is 3.25. The number of hydrogen-bond donors (Lipinski definition) is 0. The van der Waals surface area contributed by atoms with Gasteiger partial charge in [0, 0.05) is 6.54 Å². The van der Waals surface area contributed by atoms with E-state index in [-0.39, 0.29) is 5.56 Å². The van der Waals surface area contributed by atoms with Crippen molar-refractivity contribution in [3.63, 3.8) is 0 Å². The van der Waals surface area contributed by atoms with E-state index in [2.05, 4.69) is 34.8 Å². The largest absolute Gasteiger partial charge is 0.298 e. The van der Waals surface area contributed by atoms with Gasteiger partial charge in [-0.1, -0.05) is 13.8 Å². The van der Waals surface area contributed by atoms with Gasteiger partial charge in [0.15, 0.2) is 0 Å². The first-order chi connectivity index (χ1) is 7.02. The van der Waals surface area contributed by atoms with Crippen molar-refractivity contribution in [1.29, 1.82) is 0 Å². The lowest BCUT2D eigenvalue weighted by Gasteiger charge is -2.08. The SMILES string of the molecule is Cc1ncn(CCCC(C)C)c(=O)c1Br. The Hall–Kier alpha value is -0.640. The van der Waals surface area contributed by atoms with Crippen LogP contribution in [0.2, 0.25) is 0 Å². The smallest absolute Gasteiger partial charge is 0.267 e. The van der Waals surface area contributed by atoms with Crippen LogP contribution in [0.3, 0.4) is 0 Å². The van der Waals surface area contributed by atoms with Gasteiger partial charge in [0.1, 0.15) is 4.47 Å². The number of hydrogen-bond acceptors (Lipinski definition) is 2. The molecule has 0 atom stereocenters. The molecule has 1 heterocycles. The lowest BCUT2D eigenvalue weighted by molar-refractivity contribution is 0.501. The van der Waals surface area contributed by atoms with Gasteiger partial charge in [-0.2, -0.15) is 0 Å². The van der Waals surface area contributed by atoms with Gasteiger partial charge in [-0.25, -0.2) is 4.98 Å². The van der Waals surface area contributed by atoms with Crippen molar-refractivity contribution in [2.45, 2.75) is 40.2 Å². The third-order valence-electron chi connectivity index (χ3n) is 2.34. The van der Waals surface area contributed by atoms with E-state index in [4.69, 9.17) is 0 Å². The fourth-order valence-corrected chi connectivity index (χ4v) is 1.71. The Morgan fingerprint density at radius 3 is 2.80 bits per heavy atom. The lowest BCUT2D eigenvalue weighted by Crippen LogP contribution is -2.22. The van der Waals surface area contributed by atoms with Crippen LogP contribution in [0, 0.1) is 12.8 Å². The van der Waals surface area contributed by atoms with Crippen LogP contribution in [0.25, 0.3) is 0 Å². The number of aromatic nitrogens is 2. The molecule has 0 aliphatic carbocycles. The summed E-state index contributed by atoms with van der Waals surface area (Å²) in [6.45, 7) is 6.95. The van der Waals surface area contributed by atoms with Crippen molar-refractivity contribution in [2.24, 2.45) is 5.92 Å². The summed E-state index contributed by atoms with van der Waals surface area (Å²) in [5.74, 6) is 0.683. The molecule has 0 spiro atoms.